The SMILES string of the molecule is C=C(CCCCCCCCCC)C(=O)OCCCCCC(C)C. The van der Waals surface area contributed by atoms with Gasteiger partial charge in [0, 0.05) is 5.57 Å². The molecule has 2 nitrogen and oxygen atoms in total. The first kappa shape index (κ1) is 22.2. The van der Waals surface area contributed by atoms with Gasteiger partial charge in [-0.3, -0.25) is 0 Å². The fourth-order valence-corrected chi connectivity index (χ4v) is 2.67. The van der Waals surface area contributed by atoms with E-state index < -0.39 is 0 Å². The molecule has 0 radical (unpaired) electrons. The molecule has 0 atom stereocenters. The zero-order chi connectivity index (χ0) is 17.3. The van der Waals surface area contributed by atoms with Gasteiger partial charge in [-0.15, -0.1) is 0 Å². The van der Waals surface area contributed by atoms with Gasteiger partial charge in [0.05, 0.1) is 6.61 Å². The van der Waals surface area contributed by atoms with Crippen LogP contribution in [0.1, 0.15) is 104 Å². The van der Waals surface area contributed by atoms with Crippen molar-refractivity contribution in [2.45, 2.75) is 104 Å². The molecule has 0 saturated heterocycles. The Morgan fingerprint density at radius 2 is 1.43 bits per heavy atom. The molecule has 2 heteroatoms. The Labute approximate surface area is 145 Å². The molecule has 0 aromatic heterocycles. The highest BCUT2D eigenvalue weighted by molar-refractivity contribution is 5.87. The minimum Gasteiger partial charge on any atom is -0.462 e. The lowest BCUT2D eigenvalue weighted by atomic mass is 10.0. The highest BCUT2D eigenvalue weighted by atomic mass is 16.5. The van der Waals surface area contributed by atoms with Crippen LogP contribution < -0.4 is 0 Å². The van der Waals surface area contributed by atoms with Gasteiger partial charge in [0.2, 0.25) is 0 Å². The van der Waals surface area contributed by atoms with Crippen LogP contribution in [0.25, 0.3) is 0 Å². The molecule has 0 aliphatic carbocycles. The molecule has 0 rings (SSSR count). The number of rotatable bonds is 16. The molecular formula is C21H40O2. The fraction of sp³-hybridized carbons (Fsp3) is 0.857. The summed E-state index contributed by atoms with van der Waals surface area (Å²) in [7, 11) is 0. The van der Waals surface area contributed by atoms with Crippen LogP contribution >= 0.6 is 0 Å². The van der Waals surface area contributed by atoms with Crippen LogP contribution in [-0.4, -0.2) is 12.6 Å². The summed E-state index contributed by atoms with van der Waals surface area (Å²) in [5.74, 6) is 0.584. The second kappa shape index (κ2) is 16.1. The number of hydrogen-bond acceptors (Lipinski definition) is 2. The number of carbonyl (C=O) groups is 1. The van der Waals surface area contributed by atoms with Crippen molar-refractivity contribution in [1.29, 1.82) is 0 Å². The third kappa shape index (κ3) is 15.9. The maximum Gasteiger partial charge on any atom is 0.333 e. The number of esters is 1. The number of ether oxygens (including phenoxy) is 1. The van der Waals surface area contributed by atoms with Crippen LogP contribution in [-0.2, 0) is 9.53 Å². The minimum absolute atomic E-state index is 0.184. The lowest BCUT2D eigenvalue weighted by molar-refractivity contribution is -0.139. The van der Waals surface area contributed by atoms with Gasteiger partial charge >= 0.3 is 5.97 Å². The lowest BCUT2D eigenvalue weighted by Gasteiger charge is -2.08. The van der Waals surface area contributed by atoms with Crippen LogP contribution in [0.3, 0.4) is 0 Å². The summed E-state index contributed by atoms with van der Waals surface area (Å²) in [5, 5.41) is 0. The van der Waals surface area contributed by atoms with E-state index in [4.69, 9.17) is 4.74 Å². The largest absolute Gasteiger partial charge is 0.462 e. The Hall–Kier alpha value is -0.790. The van der Waals surface area contributed by atoms with Crippen molar-refractivity contribution >= 4 is 5.97 Å². The molecule has 0 aliphatic heterocycles. The van der Waals surface area contributed by atoms with E-state index in [1.165, 1.54) is 57.8 Å². The highest BCUT2D eigenvalue weighted by Crippen LogP contribution is 2.13. The molecule has 0 amide bonds. The standard InChI is InChI=1S/C21H40O2/c1-5-6-7-8-9-10-11-14-17-20(4)21(22)23-18-15-12-13-16-19(2)3/h19H,4-18H2,1-3H3. The molecule has 0 saturated carbocycles. The van der Waals surface area contributed by atoms with E-state index in [2.05, 4.69) is 27.4 Å². The Morgan fingerprint density at radius 1 is 0.870 bits per heavy atom. The molecule has 136 valence electrons. The van der Waals surface area contributed by atoms with Crippen LogP contribution in [0.15, 0.2) is 12.2 Å². The van der Waals surface area contributed by atoms with E-state index >= 15 is 0 Å². The molecule has 0 heterocycles. The second-order valence-corrected chi connectivity index (χ2v) is 7.21. The first-order chi connectivity index (χ1) is 11.1. The first-order valence-corrected chi connectivity index (χ1v) is 9.92. The molecule has 0 spiro atoms. The van der Waals surface area contributed by atoms with E-state index in [-0.39, 0.29) is 5.97 Å². The molecule has 0 bridgehead atoms. The zero-order valence-corrected chi connectivity index (χ0v) is 16.0. The summed E-state index contributed by atoms with van der Waals surface area (Å²) in [5.41, 5.74) is 0.651. The number of hydrogen-bond donors (Lipinski definition) is 0. The maximum atomic E-state index is 11.8. The van der Waals surface area contributed by atoms with Gasteiger partial charge in [0.15, 0.2) is 0 Å². The number of carbonyl (C=O) groups excluding carboxylic acids is 1. The van der Waals surface area contributed by atoms with Gasteiger partial charge < -0.3 is 4.74 Å². The summed E-state index contributed by atoms with van der Waals surface area (Å²) in [6, 6.07) is 0. The van der Waals surface area contributed by atoms with Crippen molar-refractivity contribution in [2.75, 3.05) is 6.61 Å². The summed E-state index contributed by atoms with van der Waals surface area (Å²) in [6.45, 7) is 11.2. The molecular weight excluding hydrogens is 284 g/mol. The van der Waals surface area contributed by atoms with E-state index in [0.717, 1.165) is 31.6 Å². The van der Waals surface area contributed by atoms with E-state index in [1.54, 1.807) is 0 Å². The van der Waals surface area contributed by atoms with E-state index in [0.29, 0.717) is 12.2 Å². The van der Waals surface area contributed by atoms with Crippen molar-refractivity contribution < 1.29 is 9.53 Å². The molecule has 0 N–H and O–H groups in total. The van der Waals surface area contributed by atoms with Gasteiger partial charge in [-0.25, -0.2) is 4.79 Å². The predicted molar refractivity (Wildman–Crippen MR) is 101 cm³/mol. The molecule has 0 unspecified atom stereocenters. The van der Waals surface area contributed by atoms with Crippen molar-refractivity contribution in [3.8, 4) is 0 Å². The van der Waals surface area contributed by atoms with Crippen LogP contribution in [0.2, 0.25) is 0 Å². The van der Waals surface area contributed by atoms with Gasteiger partial charge in [-0.2, -0.15) is 0 Å². The van der Waals surface area contributed by atoms with Crippen molar-refractivity contribution in [2.24, 2.45) is 5.92 Å². The smallest absolute Gasteiger partial charge is 0.333 e. The topological polar surface area (TPSA) is 26.3 Å². The third-order valence-corrected chi connectivity index (χ3v) is 4.28. The third-order valence-electron chi connectivity index (χ3n) is 4.28. The van der Waals surface area contributed by atoms with E-state index in [1.807, 2.05) is 0 Å². The monoisotopic (exact) mass is 324 g/mol. The zero-order valence-electron chi connectivity index (χ0n) is 16.0. The molecule has 0 aromatic rings. The molecule has 0 aliphatic rings. The average Bonchev–Trinajstić information content (AvgIpc) is 2.52. The second-order valence-electron chi connectivity index (χ2n) is 7.21. The summed E-state index contributed by atoms with van der Waals surface area (Å²) in [6.07, 6.45) is 15.7. The van der Waals surface area contributed by atoms with Crippen molar-refractivity contribution in [1.82, 2.24) is 0 Å². The van der Waals surface area contributed by atoms with Gasteiger partial charge in [-0.1, -0.05) is 91.6 Å². The van der Waals surface area contributed by atoms with Crippen molar-refractivity contribution in [3.05, 3.63) is 12.2 Å². The highest BCUT2D eigenvalue weighted by Gasteiger charge is 2.07. The van der Waals surface area contributed by atoms with Gasteiger partial charge in [0.25, 0.3) is 0 Å². The Balaban J connectivity index is 3.40. The summed E-state index contributed by atoms with van der Waals surface area (Å²) < 4.78 is 5.29. The average molecular weight is 325 g/mol. The van der Waals surface area contributed by atoms with Gasteiger partial charge in [-0.05, 0) is 25.2 Å². The summed E-state index contributed by atoms with van der Waals surface area (Å²) in [4.78, 5) is 11.8. The Bertz CT molecular complexity index is 294. The van der Waals surface area contributed by atoms with Crippen LogP contribution in [0, 0.1) is 5.92 Å². The Morgan fingerprint density at radius 3 is 2.04 bits per heavy atom. The Kier molecular flexibility index (Phi) is 15.5. The van der Waals surface area contributed by atoms with Crippen LogP contribution in [0.4, 0.5) is 0 Å². The minimum atomic E-state index is -0.184. The molecule has 0 aromatic carbocycles. The van der Waals surface area contributed by atoms with E-state index in [9.17, 15) is 4.79 Å². The molecule has 23 heavy (non-hydrogen) atoms. The van der Waals surface area contributed by atoms with Crippen molar-refractivity contribution in [3.63, 3.8) is 0 Å². The van der Waals surface area contributed by atoms with Gasteiger partial charge in [0.1, 0.15) is 0 Å². The molecule has 0 fully saturated rings. The normalized spacial score (nSPS) is 11.0. The fourth-order valence-electron chi connectivity index (χ4n) is 2.67. The quantitative estimate of drug-likeness (QED) is 0.177. The maximum absolute atomic E-state index is 11.8. The summed E-state index contributed by atoms with van der Waals surface area (Å²) >= 11 is 0. The first-order valence-electron chi connectivity index (χ1n) is 9.92. The lowest BCUT2D eigenvalue weighted by Crippen LogP contribution is -2.08. The van der Waals surface area contributed by atoms with Crippen LogP contribution in [0.5, 0.6) is 0 Å². The number of unbranched alkanes of at least 4 members (excludes halogenated alkanes) is 9. The predicted octanol–water partition coefficient (Wildman–Crippen LogP) is 6.83.